The molecule has 3 rings (SSSR count). The first-order valence-electron chi connectivity index (χ1n) is 7.77. The molecule has 1 fully saturated rings. The smallest absolute Gasteiger partial charge is 0.339 e. The van der Waals surface area contributed by atoms with E-state index in [4.69, 9.17) is 10.5 Å². The van der Waals surface area contributed by atoms with E-state index in [0.29, 0.717) is 24.3 Å². The first kappa shape index (κ1) is 16.5. The lowest BCUT2D eigenvalue weighted by molar-refractivity contribution is -0.127. The normalized spacial score (nSPS) is 14.7. The van der Waals surface area contributed by atoms with Crippen LogP contribution >= 0.6 is 0 Å². The number of nitrogens with zero attached hydrogens (tertiary/aromatic N) is 1. The number of urea groups is 1. The Morgan fingerprint density at radius 2 is 1.88 bits per heavy atom. The highest BCUT2D eigenvalue weighted by Crippen LogP contribution is 2.22. The molecule has 7 heteroatoms. The predicted octanol–water partition coefficient (Wildman–Crippen LogP) is 1.60. The van der Waals surface area contributed by atoms with Gasteiger partial charge in [0.2, 0.25) is 6.10 Å². The lowest BCUT2D eigenvalue weighted by Crippen LogP contribution is -2.28. The number of ether oxygens (including phenoxy) is 1. The van der Waals surface area contributed by atoms with Gasteiger partial charge in [-0.25, -0.2) is 9.59 Å². The summed E-state index contributed by atoms with van der Waals surface area (Å²) in [6.07, 6.45) is -1.17. The van der Waals surface area contributed by atoms with Gasteiger partial charge in [0.1, 0.15) is 0 Å². The van der Waals surface area contributed by atoms with Crippen LogP contribution in [0.5, 0.6) is 0 Å². The summed E-state index contributed by atoms with van der Waals surface area (Å²) in [5, 5.41) is 2.70. The summed E-state index contributed by atoms with van der Waals surface area (Å²) in [4.78, 5) is 37.4. The molecule has 0 saturated carbocycles. The quantitative estimate of drug-likeness (QED) is 0.808. The summed E-state index contributed by atoms with van der Waals surface area (Å²) in [7, 11) is 0. The largest absolute Gasteiger partial charge is 0.444 e. The van der Waals surface area contributed by atoms with Crippen molar-refractivity contribution in [2.45, 2.75) is 6.10 Å². The Kier molecular flexibility index (Phi) is 4.65. The maximum absolute atomic E-state index is 12.4. The number of nitrogens with one attached hydrogen (secondary N) is 1. The molecular weight excluding hydrogens is 322 g/mol. The van der Waals surface area contributed by atoms with Crippen molar-refractivity contribution in [3.8, 4) is 0 Å². The Hall–Kier alpha value is -3.35. The molecule has 1 saturated heterocycles. The van der Waals surface area contributed by atoms with Crippen molar-refractivity contribution in [3.63, 3.8) is 0 Å². The van der Waals surface area contributed by atoms with Gasteiger partial charge >= 0.3 is 12.0 Å². The van der Waals surface area contributed by atoms with Crippen LogP contribution in [0.4, 0.5) is 10.5 Å². The van der Waals surface area contributed by atoms with Gasteiger partial charge < -0.3 is 15.8 Å². The number of hydrogen-bond acceptors (Lipinski definition) is 4. The topological polar surface area (TPSA) is 102 Å². The van der Waals surface area contributed by atoms with Crippen LogP contribution in [-0.4, -0.2) is 31.0 Å². The summed E-state index contributed by atoms with van der Waals surface area (Å²) < 4.78 is 5.30. The molecule has 128 valence electrons. The molecule has 3 N–H and O–H groups in total. The van der Waals surface area contributed by atoms with Crippen molar-refractivity contribution in [3.05, 3.63) is 65.7 Å². The summed E-state index contributed by atoms with van der Waals surface area (Å²) in [6, 6.07) is 14.8. The fourth-order valence-electron chi connectivity index (χ4n) is 2.61. The number of carbonyl (C=O) groups is 3. The molecule has 0 bridgehead atoms. The molecule has 0 aliphatic carbocycles. The zero-order valence-electron chi connectivity index (χ0n) is 13.3. The number of nitrogens with two attached hydrogens (primary N) is 1. The molecular formula is C18H17N3O4. The van der Waals surface area contributed by atoms with E-state index in [9.17, 15) is 14.4 Å². The number of primary amides is 1. The van der Waals surface area contributed by atoms with Gasteiger partial charge in [0.15, 0.2) is 0 Å². The number of anilines is 1. The van der Waals surface area contributed by atoms with Crippen LogP contribution in [0.2, 0.25) is 0 Å². The Balaban J connectivity index is 1.80. The Labute approximate surface area is 144 Å². The van der Waals surface area contributed by atoms with Gasteiger partial charge in [0.25, 0.3) is 5.91 Å². The van der Waals surface area contributed by atoms with Crippen molar-refractivity contribution >= 4 is 23.6 Å². The lowest BCUT2D eigenvalue weighted by atomic mass is 10.1. The van der Waals surface area contributed by atoms with Crippen molar-refractivity contribution in [1.82, 2.24) is 5.32 Å². The van der Waals surface area contributed by atoms with Gasteiger partial charge in [-0.15, -0.1) is 0 Å². The number of benzene rings is 2. The maximum Gasteiger partial charge on any atom is 0.339 e. The second-order valence-corrected chi connectivity index (χ2v) is 5.53. The van der Waals surface area contributed by atoms with Crippen molar-refractivity contribution in [2.24, 2.45) is 5.73 Å². The fourth-order valence-corrected chi connectivity index (χ4v) is 2.61. The number of hydrogen-bond donors (Lipinski definition) is 2. The van der Waals surface area contributed by atoms with Gasteiger partial charge in [-0.1, -0.05) is 36.4 Å². The first-order chi connectivity index (χ1) is 12.1. The second-order valence-electron chi connectivity index (χ2n) is 5.53. The minimum Gasteiger partial charge on any atom is -0.444 e. The predicted molar refractivity (Wildman–Crippen MR) is 91.0 cm³/mol. The number of carbonyl (C=O) groups excluding carboxylic acids is 3. The molecule has 1 aliphatic rings. The highest BCUT2D eigenvalue weighted by Gasteiger charge is 2.25. The SMILES string of the molecule is NC(=O)[C@H](OC(=O)c1cccc(N2CCNC2=O)c1)c1ccccc1. The van der Waals surface area contributed by atoms with Crippen LogP contribution in [0, 0.1) is 0 Å². The first-order valence-corrected chi connectivity index (χ1v) is 7.77. The van der Waals surface area contributed by atoms with E-state index in [1.807, 2.05) is 0 Å². The highest BCUT2D eigenvalue weighted by molar-refractivity contribution is 5.97. The number of esters is 1. The highest BCUT2D eigenvalue weighted by atomic mass is 16.5. The third-order valence-corrected chi connectivity index (χ3v) is 3.84. The molecule has 2 aromatic carbocycles. The zero-order chi connectivity index (χ0) is 17.8. The van der Waals surface area contributed by atoms with Gasteiger partial charge in [-0.3, -0.25) is 9.69 Å². The van der Waals surface area contributed by atoms with E-state index in [1.54, 1.807) is 54.6 Å². The Morgan fingerprint density at radius 3 is 2.52 bits per heavy atom. The molecule has 25 heavy (non-hydrogen) atoms. The molecule has 1 aliphatic heterocycles. The van der Waals surface area contributed by atoms with E-state index in [1.165, 1.54) is 4.90 Å². The minimum atomic E-state index is -1.17. The molecule has 0 radical (unpaired) electrons. The molecule has 0 aromatic heterocycles. The lowest BCUT2D eigenvalue weighted by Gasteiger charge is -2.17. The van der Waals surface area contributed by atoms with Crippen molar-refractivity contribution < 1.29 is 19.1 Å². The molecule has 0 spiro atoms. The van der Waals surface area contributed by atoms with Gasteiger partial charge in [0, 0.05) is 24.3 Å². The van der Waals surface area contributed by atoms with Gasteiger partial charge in [-0.05, 0) is 18.2 Å². The average molecular weight is 339 g/mol. The standard InChI is InChI=1S/C18H17N3O4/c19-16(22)15(12-5-2-1-3-6-12)25-17(23)13-7-4-8-14(11-13)21-10-9-20-18(21)24/h1-8,11,15H,9-10H2,(H2,19,22)(H,20,24)/t15-/m1/s1. The van der Waals surface area contributed by atoms with Crippen LogP contribution in [0.3, 0.4) is 0 Å². The van der Waals surface area contributed by atoms with Crippen LogP contribution in [-0.2, 0) is 9.53 Å². The van der Waals surface area contributed by atoms with E-state index in [-0.39, 0.29) is 11.6 Å². The van der Waals surface area contributed by atoms with Crippen LogP contribution in [0.15, 0.2) is 54.6 Å². The molecule has 0 unspecified atom stereocenters. The molecule has 1 heterocycles. The van der Waals surface area contributed by atoms with Crippen molar-refractivity contribution in [1.29, 1.82) is 0 Å². The Morgan fingerprint density at radius 1 is 1.12 bits per heavy atom. The van der Waals surface area contributed by atoms with Crippen LogP contribution in [0.25, 0.3) is 0 Å². The third-order valence-electron chi connectivity index (χ3n) is 3.84. The summed E-state index contributed by atoms with van der Waals surface area (Å²) in [5.41, 5.74) is 6.68. The molecule has 2 aromatic rings. The van der Waals surface area contributed by atoms with E-state index in [0.717, 1.165) is 0 Å². The second kappa shape index (κ2) is 7.04. The summed E-state index contributed by atoms with van der Waals surface area (Å²) in [5.74, 6) is -1.44. The average Bonchev–Trinajstić information content (AvgIpc) is 3.06. The number of amides is 3. The zero-order valence-corrected chi connectivity index (χ0v) is 13.3. The van der Waals surface area contributed by atoms with Gasteiger partial charge in [0.05, 0.1) is 5.56 Å². The van der Waals surface area contributed by atoms with Gasteiger partial charge in [-0.2, -0.15) is 0 Å². The molecule has 3 amide bonds. The maximum atomic E-state index is 12.4. The van der Waals surface area contributed by atoms with Crippen molar-refractivity contribution in [2.75, 3.05) is 18.0 Å². The van der Waals surface area contributed by atoms with E-state index < -0.39 is 18.0 Å². The fraction of sp³-hybridized carbons (Fsp3) is 0.167. The summed E-state index contributed by atoms with van der Waals surface area (Å²) >= 11 is 0. The summed E-state index contributed by atoms with van der Waals surface area (Å²) in [6.45, 7) is 1.07. The monoisotopic (exact) mass is 339 g/mol. The Bertz CT molecular complexity index is 807. The van der Waals surface area contributed by atoms with Crippen LogP contribution < -0.4 is 16.0 Å². The minimum absolute atomic E-state index is 0.218. The third kappa shape index (κ3) is 3.60. The van der Waals surface area contributed by atoms with Crippen LogP contribution in [0.1, 0.15) is 22.0 Å². The van der Waals surface area contributed by atoms with E-state index in [2.05, 4.69) is 5.32 Å². The van der Waals surface area contributed by atoms with E-state index >= 15 is 0 Å². The molecule has 1 atom stereocenters. The molecule has 7 nitrogen and oxygen atoms in total. The number of rotatable bonds is 5.